The van der Waals surface area contributed by atoms with Gasteiger partial charge in [0.1, 0.15) is 0 Å². The molecule has 0 atom stereocenters. The normalized spacial score (nSPS) is 15.4. The molecule has 0 saturated heterocycles. The van der Waals surface area contributed by atoms with Gasteiger partial charge in [-0.3, -0.25) is 0 Å². The molecule has 0 heterocycles. The first-order valence-corrected chi connectivity index (χ1v) is 6.22. The summed E-state index contributed by atoms with van der Waals surface area (Å²) in [5.41, 5.74) is 1.07. The molecule has 1 N–H and O–H groups in total. The van der Waals surface area contributed by atoms with Crippen molar-refractivity contribution in [3.63, 3.8) is 0 Å². The molecule has 0 unspecified atom stereocenters. The predicted molar refractivity (Wildman–Crippen MR) is 68.5 cm³/mol. The molecule has 0 amide bonds. The van der Waals surface area contributed by atoms with Gasteiger partial charge in [-0.1, -0.05) is 0 Å². The summed E-state index contributed by atoms with van der Waals surface area (Å²) in [5, 5.41) is 3.49. The highest BCUT2D eigenvalue weighted by Crippen LogP contribution is 2.37. The van der Waals surface area contributed by atoms with Crippen LogP contribution in [0.1, 0.15) is 19.3 Å². The molecule has 2 rings (SSSR count). The average molecular weight is 286 g/mol. The maximum absolute atomic E-state index is 5.28. The van der Waals surface area contributed by atoms with Crippen LogP contribution in [0.4, 0.5) is 5.69 Å². The van der Waals surface area contributed by atoms with Crippen molar-refractivity contribution in [2.45, 2.75) is 25.3 Å². The Morgan fingerprint density at radius 1 is 1.19 bits per heavy atom. The van der Waals surface area contributed by atoms with Crippen molar-refractivity contribution in [3.8, 4) is 11.5 Å². The predicted octanol–water partition coefficient (Wildman–Crippen LogP) is 3.43. The zero-order chi connectivity index (χ0) is 11.5. The highest BCUT2D eigenvalue weighted by Gasteiger charge is 2.19. The van der Waals surface area contributed by atoms with Crippen molar-refractivity contribution < 1.29 is 9.47 Å². The number of benzene rings is 1. The SMILES string of the molecule is COc1cc(Br)c(NC2CCC2)cc1OC. The van der Waals surface area contributed by atoms with E-state index in [4.69, 9.17) is 9.47 Å². The number of methoxy groups -OCH3 is 2. The Hall–Kier alpha value is -0.900. The van der Waals surface area contributed by atoms with Gasteiger partial charge in [0.15, 0.2) is 11.5 Å². The topological polar surface area (TPSA) is 30.5 Å². The molecule has 1 aromatic rings. The van der Waals surface area contributed by atoms with Gasteiger partial charge >= 0.3 is 0 Å². The summed E-state index contributed by atoms with van der Waals surface area (Å²) in [6, 6.07) is 4.51. The zero-order valence-corrected chi connectivity index (χ0v) is 11.1. The average Bonchev–Trinajstić information content (AvgIpc) is 2.24. The Bertz CT molecular complexity index is 378. The molecular weight excluding hydrogens is 270 g/mol. The van der Waals surface area contributed by atoms with Crippen LogP contribution < -0.4 is 14.8 Å². The van der Waals surface area contributed by atoms with Gasteiger partial charge in [-0.25, -0.2) is 0 Å². The van der Waals surface area contributed by atoms with Crippen molar-refractivity contribution in [1.82, 2.24) is 0 Å². The van der Waals surface area contributed by atoms with Gasteiger partial charge in [0, 0.05) is 22.6 Å². The van der Waals surface area contributed by atoms with Crippen LogP contribution in [-0.4, -0.2) is 20.3 Å². The van der Waals surface area contributed by atoms with E-state index in [0.717, 1.165) is 21.7 Å². The van der Waals surface area contributed by atoms with Crippen LogP contribution in [0, 0.1) is 0 Å². The van der Waals surface area contributed by atoms with Crippen LogP contribution in [-0.2, 0) is 0 Å². The first-order chi connectivity index (χ1) is 7.74. The minimum absolute atomic E-state index is 0.606. The quantitative estimate of drug-likeness (QED) is 0.919. The van der Waals surface area contributed by atoms with Crippen LogP contribution in [0.3, 0.4) is 0 Å². The number of rotatable bonds is 4. The molecule has 0 aromatic heterocycles. The van der Waals surface area contributed by atoms with E-state index in [1.54, 1.807) is 14.2 Å². The van der Waals surface area contributed by atoms with Crippen molar-refractivity contribution >= 4 is 21.6 Å². The van der Waals surface area contributed by atoms with Crippen LogP contribution in [0.2, 0.25) is 0 Å². The fraction of sp³-hybridized carbons (Fsp3) is 0.500. The second kappa shape index (κ2) is 4.95. The molecule has 0 bridgehead atoms. The van der Waals surface area contributed by atoms with Gasteiger partial charge in [0.25, 0.3) is 0 Å². The molecule has 88 valence electrons. The molecule has 0 aliphatic heterocycles. The Morgan fingerprint density at radius 2 is 1.81 bits per heavy atom. The van der Waals surface area contributed by atoms with E-state index in [-0.39, 0.29) is 0 Å². The van der Waals surface area contributed by atoms with Crippen LogP contribution >= 0.6 is 15.9 Å². The maximum atomic E-state index is 5.28. The molecule has 0 spiro atoms. The van der Waals surface area contributed by atoms with Crippen molar-refractivity contribution in [2.75, 3.05) is 19.5 Å². The van der Waals surface area contributed by atoms with Gasteiger partial charge in [-0.15, -0.1) is 0 Å². The minimum Gasteiger partial charge on any atom is -0.493 e. The second-order valence-corrected chi connectivity index (χ2v) is 4.81. The fourth-order valence-corrected chi connectivity index (χ4v) is 2.17. The largest absolute Gasteiger partial charge is 0.493 e. The van der Waals surface area contributed by atoms with E-state index < -0.39 is 0 Å². The lowest BCUT2D eigenvalue weighted by molar-refractivity contribution is 0.354. The van der Waals surface area contributed by atoms with Gasteiger partial charge < -0.3 is 14.8 Å². The third-order valence-electron chi connectivity index (χ3n) is 2.94. The Morgan fingerprint density at radius 3 is 2.31 bits per heavy atom. The van der Waals surface area contributed by atoms with Gasteiger partial charge in [-0.2, -0.15) is 0 Å². The van der Waals surface area contributed by atoms with Crippen molar-refractivity contribution in [1.29, 1.82) is 0 Å². The van der Waals surface area contributed by atoms with Gasteiger partial charge in [0.2, 0.25) is 0 Å². The highest BCUT2D eigenvalue weighted by molar-refractivity contribution is 9.10. The van der Waals surface area contributed by atoms with Gasteiger partial charge in [0.05, 0.1) is 19.9 Å². The van der Waals surface area contributed by atoms with E-state index in [2.05, 4.69) is 21.2 Å². The summed E-state index contributed by atoms with van der Waals surface area (Å²) in [6.45, 7) is 0. The first kappa shape index (κ1) is 11.6. The smallest absolute Gasteiger partial charge is 0.162 e. The van der Waals surface area contributed by atoms with E-state index in [0.29, 0.717) is 6.04 Å². The minimum atomic E-state index is 0.606. The van der Waals surface area contributed by atoms with E-state index in [1.807, 2.05) is 12.1 Å². The molecule has 1 aliphatic rings. The van der Waals surface area contributed by atoms with Crippen LogP contribution in [0.5, 0.6) is 11.5 Å². The number of ether oxygens (including phenoxy) is 2. The summed E-state index contributed by atoms with van der Waals surface area (Å²) in [6.07, 6.45) is 3.82. The lowest BCUT2D eigenvalue weighted by Crippen LogP contribution is -2.27. The fourth-order valence-electron chi connectivity index (χ4n) is 1.74. The van der Waals surface area contributed by atoms with E-state index in [1.165, 1.54) is 19.3 Å². The molecule has 1 fully saturated rings. The van der Waals surface area contributed by atoms with Crippen molar-refractivity contribution in [2.24, 2.45) is 0 Å². The lowest BCUT2D eigenvalue weighted by atomic mass is 9.93. The summed E-state index contributed by atoms with van der Waals surface area (Å²) in [7, 11) is 3.29. The second-order valence-electron chi connectivity index (χ2n) is 3.96. The Labute approximate surface area is 104 Å². The van der Waals surface area contributed by atoms with Gasteiger partial charge in [-0.05, 0) is 35.2 Å². The maximum Gasteiger partial charge on any atom is 0.162 e. The molecule has 4 heteroatoms. The molecule has 16 heavy (non-hydrogen) atoms. The Kier molecular flexibility index (Phi) is 3.59. The summed E-state index contributed by atoms with van der Waals surface area (Å²) < 4.78 is 11.5. The summed E-state index contributed by atoms with van der Waals surface area (Å²) in [4.78, 5) is 0. The van der Waals surface area contributed by atoms with Crippen LogP contribution in [0.15, 0.2) is 16.6 Å². The number of anilines is 1. The lowest BCUT2D eigenvalue weighted by Gasteiger charge is -2.28. The summed E-state index contributed by atoms with van der Waals surface area (Å²) in [5.74, 6) is 1.50. The zero-order valence-electron chi connectivity index (χ0n) is 9.55. The number of hydrogen-bond donors (Lipinski definition) is 1. The number of hydrogen-bond acceptors (Lipinski definition) is 3. The molecule has 1 saturated carbocycles. The van der Waals surface area contributed by atoms with E-state index in [9.17, 15) is 0 Å². The third-order valence-corrected chi connectivity index (χ3v) is 3.59. The molecule has 0 radical (unpaired) electrons. The van der Waals surface area contributed by atoms with E-state index >= 15 is 0 Å². The highest BCUT2D eigenvalue weighted by atomic mass is 79.9. The first-order valence-electron chi connectivity index (χ1n) is 5.42. The molecular formula is C12H16BrNO2. The molecule has 3 nitrogen and oxygen atoms in total. The van der Waals surface area contributed by atoms with Crippen molar-refractivity contribution in [3.05, 3.63) is 16.6 Å². The Balaban J connectivity index is 2.22. The molecule has 1 aliphatic carbocycles. The third kappa shape index (κ3) is 2.26. The number of halogens is 1. The monoisotopic (exact) mass is 285 g/mol. The standard InChI is InChI=1S/C12H16BrNO2/c1-15-11-6-9(13)10(7-12(11)16-2)14-8-4-3-5-8/h6-8,14H,3-5H2,1-2H3. The number of nitrogens with one attached hydrogen (secondary N) is 1. The summed E-state index contributed by atoms with van der Waals surface area (Å²) >= 11 is 3.54. The molecule has 1 aromatic carbocycles. The van der Waals surface area contributed by atoms with Crippen LogP contribution in [0.25, 0.3) is 0 Å².